The summed E-state index contributed by atoms with van der Waals surface area (Å²) < 4.78 is 18.9. The Hall–Kier alpha value is -1.75. The first-order chi connectivity index (χ1) is 10.2. The van der Waals surface area contributed by atoms with Gasteiger partial charge in [-0.3, -0.25) is 0 Å². The average Bonchev–Trinajstić information content (AvgIpc) is 3.21. The topological polar surface area (TPSA) is 51.0 Å². The fourth-order valence-electron chi connectivity index (χ4n) is 2.54. The van der Waals surface area contributed by atoms with Gasteiger partial charge in [0, 0.05) is 18.0 Å². The number of hydrogen-bond donors (Lipinski definition) is 1. The van der Waals surface area contributed by atoms with E-state index in [1.54, 1.807) is 13.0 Å². The summed E-state index contributed by atoms with van der Waals surface area (Å²) >= 11 is 0. The van der Waals surface area contributed by atoms with Crippen LogP contribution in [0.1, 0.15) is 31.2 Å². The van der Waals surface area contributed by atoms with Crippen molar-refractivity contribution in [2.45, 2.75) is 39.2 Å². The molecule has 2 aromatic rings. The number of likely N-dealkylation sites (N-methyl/N-ethyl adjacent to an activating group) is 1. The predicted octanol–water partition coefficient (Wildman–Crippen LogP) is 3.11. The molecule has 0 radical (unpaired) electrons. The van der Waals surface area contributed by atoms with Gasteiger partial charge in [-0.05, 0) is 43.9 Å². The van der Waals surface area contributed by atoms with E-state index in [-0.39, 0.29) is 5.82 Å². The quantitative estimate of drug-likeness (QED) is 0.887. The first-order valence-electron chi connectivity index (χ1n) is 7.50. The molecule has 1 atom stereocenters. The highest BCUT2D eigenvalue weighted by molar-refractivity contribution is 5.54. The lowest BCUT2D eigenvalue weighted by molar-refractivity contribution is 0.348. The first kappa shape index (κ1) is 14.2. The van der Waals surface area contributed by atoms with Gasteiger partial charge in [-0.1, -0.05) is 24.2 Å². The van der Waals surface area contributed by atoms with E-state index in [1.807, 2.05) is 6.07 Å². The van der Waals surface area contributed by atoms with Crippen LogP contribution >= 0.6 is 0 Å². The largest absolute Gasteiger partial charge is 0.339 e. The Morgan fingerprint density at radius 3 is 2.90 bits per heavy atom. The Morgan fingerprint density at radius 2 is 2.24 bits per heavy atom. The van der Waals surface area contributed by atoms with E-state index in [9.17, 15) is 4.39 Å². The van der Waals surface area contributed by atoms with E-state index in [2.05, 4.69) is 22.4 Å². The van der Waals surface area contributed by atoms with Gasteiger partial charge in [0.1, 0.15) is 5.82 Å². The van der Waals surface area contributed by atoms with Crippen molar-refractivity contribution in [1.29, 1.82) is 0 Å². The molecule has 1 unspecified atom stereocenters. The second kappa shape index (κ2) is 5.93. The summed E-state index contributed by atoms with van der Waals surface area (Å²) in [6.45, 7) is 4.77. The van der Waals surface area contributed by atoms with Crippen LogP contribution in [0, 0.1) is 18.7 Å². The molecular weight excluding hydrogens is 269 g/mol. The maximum Gasteiger partial charge on any atom is 0.228 e. The normalized spacial score (nSPS) is 16.1. The molecule has 1 aromatic heterocycles. The summed E-state index contributed by atoms with van der Waals surface area (Å²) in [4.78, 5) is 4.40. The number of nitrogens with one attached hydrogen (secondary N) is 1. The molecule has 5 heteroatoms. The van der Waals surface area contributed by atoms with Crippen LogP contribution in [0.25, 0.3) is 11.4 Å². The summed E-state index contributed by atoms with van der Waals surface area (Å²) in [6.07, 6.45) is 3.27. The molecule has 3 rings (SSSR count). The van der Waals surface area contributed by atoms with Crippen molar-refractivity contribution >= 4 is 0 Å². The van der Waals surface area contributed by atoms with Crippen molar-refractivity contribution in [2.24, 2.45) is 5.92 Å². The van der Waals surface area contributed by atoms with Gasteiger partial charge in [0.2, 0.25) is 11.7 Å². The number of nitrogens with zero attached hydrogens (tertiary/aromatic N) is 2. The van der Waals surface area contributed by atoms with Crippen LogP contribution in [0.15, 0.2) is 22.7 Å². The van der Waals surface area contributed by atoms with Gasteiger partial charge in [0.25, 0.3) is 0 Å². The first-order valence-corrected chi connectivity index (χ1v) is 7.50. The lowest BCUT2D eigenvalue weighted by atomic mass is 10.1. The van der Waals surface area contributed by atoms with Crippen LogP contribution in [0.2, 0.25) is 0 Å². The minimum absolute atomic E-state index is 0.248. The Kier molecular flexibility index (Phi) is 4.01. The Bertz CT molecular complexity index is 622. The number of hydrogen-bond acceptors (Lipinski definition) is 4. The van der Waals surface area contributed by atoms with Crippen molar-refractivity contribution in [3.63, 3.8) is 0 Å². The van der Waals surface area contributed by atoms with E-state index in [4.69, 9.17) is 4.52 Å². The zero-order valence-electron chi connectivity index (χ0n) is 12.4. The monoisotopic (exact) mass is 289 g/mol. The summed E-state index contributed by atoms with van der Waals surface area (Å²) in [6, 6.07) is 5.40. The fraction of sp³-hybridized carbons (Fsp3) is 0.500. The highest BCUT2D eigenvalue weighted by atomic mass is 19.1. The van der Waals surface area contributed by atoms with Crippen molar-refractivity contribution in [1.82, 2.24) is 15.5 Å². The molecule has 1 fully saturated rings. The van der Waals surface area contributed by atoms with Crippen molar-refractivity contribution in [3.8, 4) is 11.4 Å². The fourth-order valence-corrected chi connectivity index (χ4v) is 2.54. The standard InChI is InChI=1S/C16H20FN3O/c1-3-18-14(11-6-7-11)9-15-19-16(20-21-15)12-5-4-10(2)13(17)8-12/h4-5,8,11,14,18H,3,6-7,9H2,1-2H3. The Balaban J connectivity index is 1.74. The summed E-state index contributed by atoms with van der Waals surface area (Å²) in [7, 11) is 0. The van der Waals surface area contributed by atoms with E-state index < -0.39 is 0 Å². The van der Waals surface area contributed by atoms with Gasteiger partial charge in [0.05, 0.1) is 0 Å². The van der Waals surface area contributed by atoms with Gasteiger partial charge >= 0.3 is 0 Å². The molecule has 0 bridgehead atoms. The summed E-state index contributed by atoms with van der Waals surface area (Å²) in [5, 5.41) is 7.44. The summed E-state index contributed by atoms with van der Waals surface area (Å²) in [5.74, 6) is 1.54. The van der Waals surface area contributed by atoms with Crippen molar-refractivity contribution in [3.05, 3.63) is 35.5 Å². The molecule has 1 aliphatic rings. The molecule has 0 amide bonds. The molecule has 0 aliphatic heterocycles. The summed E-state index contributed by atoms with van der Waals surface area (Å²) in [5.41, 5.74) is 1.27. The molecule has 1 N–H and O–H groups in total. The van der Waals surface area contributed by atoms with Crippen LogP contribution in [0.4, 0.5) is 4.39 Å². The molecule has 0 spiro atoms. The van der Waals surface area contributed by atoms with E-state index in [0.29, 0.717) is 28.9 Å². The van der Waals surface area contributed by atoms with Gasteiger partial charge in [-0.25, -0.2) is 4.39 Å². The highest BCUT2D eigenvalue weighted by Gasteiger charge is 2.31. The van der Waals surface area contributed by atoms with E-state index in [1.165, 1.54) is 18.9 Å². The predicted molar refractivity (Wildman–Crippen MR) is 78.3 cm³/mol. The van der Waals surface area contributed by atoms with Crippen LogP contribution < -0.4 is 5.32 Å². The smallest absolute Gasteiger partial charge is 0.228 e. The van der Waals surface area contributed by atoms with Gasteiger partial charge in [0.15, 0.2) is 0 Å². The molecule has 4 nitrogen and oxygen atoms in total. The van der Waals surface area contributed by atoms with Crippen LogP contribution in [0.3, 0.4) is 0 Å². The maximum absolute atomic E-state index is 13.6. The van der Waals surface area contributed by atoms with Crippen LogP contribution in [-0.4, -0.2) is 22.7 Å². The molecule has 0 saturated heterocycles. The molecule has 1 heterocycles. The minimum atomic E-state index is -0.248. The zero-order chi connectivity index (χ0) is 14.8. The number of benzene rings is 1. The molecule has 112 valence electrons. The van der Waals surface area contributed by atoms with E-state index in [0.717, 1.165) is 18.9 Å². The van der Waals surface area contributed by atoms with Crippen LogP contribution in [0.5, 0.6) is 0 Å². The second-order valence-corrected chi connectivity index (χ2v) is 5.68. The SMILES string of the molecule is CCNC(Cc1nc(-c2ccc(C)c(F)c2)no1)C1CC1. The molecule has 1 aromatic carbocycles. The van der Waals surface area contributed by atoms with Gasteiger partial charge in [-0.2, -0.15) is 4.98 Å². The second-order valence-electron chi connectivity index (χ2n) is 5.68. The third-order valence-electron chi connectivity index (χ3n) is 3.95. The number of halogens is 1. The Morgan fingerprint density at radius 1 is 1.43 bits per heavy atom. The maximum atomic E-state index is 13.6. The van der Waals surface area contributed by atoms with Gasteiger partial charge < -0.3 is 9.84 Å². The third kappa shape index (κ3) is 3.29. The molecule has 1 aliphatic carbocycles. The van der Waals surface area contributed by atoms with Crippen molar-refractivity contribution < 1.29 is 8.91 Å². The van der Waals surface area contributed by atoms with Gasteiger partial charge in [-0.15, -0.1) is 0 Å². The number of aromatic nitrogens is 2. The Labute approximate surface area is 123 Å². The lowest BCUT2D eigenvalue weighted by Gasteiger charge is -2.14. The number of aryl methyl sites for hydroxylation is 1. The lowest BCUT2D eigenvalue weighted by Crippen LogP contribution is -2.33. The third-order valence-corrected chi connectivity index (χ3v) is 3.95. The zero-order valence-corrected chi connectivity index (χ0v) is 12.4. The molecule has 1 saturated carbocycles. The average molecular weight is 289 g/mol. The molecular formula is C16H20FN3O. The van der Waals surface area contributed by atoms with Crippen molar-refractivity contribution in [2.75, 3.05) is 6.54 Å². The highest BCUT2D eigenvalue weighted by Crippen LogP contribution is 2.34. The molecule has 21 heavy (non-hydrogen) atoms. The van der Waals surface area contributed by atoms with Crippen LogP contribution in [-0.2, 0) is 6.42 Å². The number of rotatable bonds is 6. The minimum Gasteiger partial charge on any atom is -0.339 e. The van der Waals surface area contributed by atoms with E-state index >= 15 is 0 Å².